The van der Waals surface area contributed by atoms with E-state index in [1.165, 1.54) is 40.9 Å². The Bertz CT molecular complexity index is 2290. The average Bonchev–Trinajstić information content (AvgIpc) is 3.86. The summed E-state index contributed by atoms with van der Waals surface area (Å²) < 4.78 is 4.76. The van der Waals surface area contributed by atoms with Crippen molar-refractivity contribution < 1.29 is 14.3 Å². The Morgan fingerprint density at radius 3 is 1.70 bits per heavy atom. The number of carbonyl (C=O) groups excluding carboxylic acids is 2. The molecule has 1 amide bonds. The normalized spacial score (nSPS) is 12.4. The van der Waals surface area contributed by atoms with E-state index < -0.39 is 11.9 Å². The molecule has 14 nitrogen and oxygen atoms in total. The summed E-state index contributed by atoms with van der Waals surface area (Å²) in [6.45, 7) is 1.43. The third-order valence-electron chi connectivity index (χ3n) is 7.25. The van der Waals surface area contributed by atoms with Crippen LogP contribution in [0.1, 0.15) is 41.6 Å². The van der Waals surface area contributed by atoms with E-state index >= 15 is 0 Å². The summed E-state index contributed by atoms with van der Waals surface area (Å²) >= 11 is 2.42. The molecule has 47 heavy (non-hydrogen) atoms. The van der Waals surface area contributed by atoms with E-state index in [9.17, 15) is 9.59 Å². The predicted octanol–water partition coefficient (Wildman–Crippen LogP) is 4.78. The fourth-order valence-corrected chi connectivity index (χ4v) is 6.87. The van der Waals surface area contributed by atoms with Gasteiger partial charge in [0.1, 0.15) is 26.2 Å². The maximum absolute atomic E-state index is 11.7. The van der Waals surface area contributed by atoms with Crippen molar-refractivity contribution in [3.63, 3.8) is 0 Å². The van der Waals surface area contributed by atoms with Gasteiger partial charge in [0.15, 0.2) is 0 Å². The van der Waals surface area contributed by atoms with Crippen LogP contribution in [0.15, 0.2) is 58.5 Å². The molecule has 0 saturated heterocycles. The number of carbonyl (C=O) groups is 2. The molecule has 8 N–H and O–H groups in total. The third kappa shape index (κ3) is 6.01. The zero-order valence-corrected chi connectivity index (χ0v) is 26.3. The van der Waals surface area contributed by atoms with Crippen molar-refractivity contribution in [1.29, 1.82) is 0 Å². The number of hydrogen-bond donors (Lipinski definition) is 5. The zero-order chi connectivity index (χ0) is 32.7. The van der Waals surface area contributed by atoms with Crippen LogP contribution in [0.2, 0.25) is 0 Å². The van der Waals surface area contributed by atoms with Crippen LogP contribution in [0.5, 0.6) is 0 Å². The Labute approximate surface area is 274 Å². The molecule has 0 bridgehead atoms. The van der Waals surface area contributed by atoms with Gasteiger partial charge < -0.3 is 32.6 Å². The van der Waals surface area contributed by atoms with Gasteiger partial charge in [-0.2, -0.15) is 9.97 Å². The van der Waals surface area contributed by atoms with Crippen LogP contribution < -0.4 is 27.8 Å². The Balaban J connectivity index is 0.000000150. The third-order valence-corrected chi connectivity index (χ3v) is 9.30. The quantitative estimate of drug-likeness (QED) is 0.152. The molecule has 8 rings (SSSR count). The van der Waals surface area contributed by atoms with Gasteiger partial charge in [-0.3, -0.25) is 14.8 Å². The molecule has 16 heteroatoms. The number of primary amides is 1. The standard InChI is InChI=1S/C16H13N5O2S.C15H12N6OS/c1-23-15(22)12-5-11-13(20-16(17)21-14(11)24-12)19-10-3-2-8-6-18-7-9(8)4-10;16-12(22)11-4-10-13(20-15(17)21-14(10)23-11)19-9-2-1-7-5-18-6-8(7)3-9/h2-5,7H,6H2,1H3,(H3,17,19,20,21);1-4,6H,5H2,(H2,16,22)(H3,17,19,20,21). The Kier molecular flexibility index (Phi) is 7.63. The van der Waals surface area contributed by atoms with Crippen molar-refractivity contribution in [3.05, 3.63) is 80.5 Å². The SMILES string of the molecule is COC(=O)c1cc2c(Nc3ccc4c(c3)C=NC4)nc(N)nc2s1.NC(=O)c1cc2c(Nc3ccc4c(c3)C=NC4)nc(N)nc2s1. The minimum absolute atomic E-state index is 0.139. The molecule has 2 aliphatic rings. The number of nitrogens with zero attached hydrogens (tertiary/aromatic N) is 6. The molecule has 2 aromatic carbocycles. The van der Waals surface area contributed by atoms with Crippen molar-refractivity contribution in [1.82, 2.24) is 19.9 Å². The number of nitrogen functional groups attached to an aromatic ring is 2. The molecular formula is C31H25N11O3S2. The first-order chi connectivity index (χ1) is 22.7. The molecular weight excluding hydrogens is 639 g/mol. The molecule has 0 fully saturated rings. The number of aliphatic imine (C=N–C) groups is 2. The van der Waals surface area contributed by atoms with Crippen LogP contribution in [-0.4, -0.2) is 51.4 Å². The summed E-state index contributed by atoms with van der Waals surface area (Å²) in [5, 5.41) is 7.92. The number of nitrogens with two attached hydrogens (primary N) is 3. The number of ether oxygens (including phenoxy) is 1. The van der Waals surface area contributed by atoms with Crippen LogP contribution >= 0.6 is 22.7 Å². The van der Waals surface area contributed by atoms with Crippen molar-refractivity contribution >= 4 is 102 Å². The van der Waals surface area contributed by atoms with Crippen molar-refractivity contribution in [2.75, 3.05) is 29.2 Å². The second kappa shape index (κ2) is 12.1. The second-order valence-corrected chi connectivity index (χ2v) is 12.5. The van der Waals surface area contributed by atoms with E-state index in [1.54, 1.807) is 12.1 Å². The van der Waals surface area contributed by atoms with Gasteiger partial charge in [0.25, 0.3) is 5.91 Å². The first-order valence-corrected chi connectivity index (χ1v) is 15.7. The highest BCUT2D eigenvalue weighted by molar-refractivity contribution is 7.20. The van der Waals surface area contributed by atoms with Gasteiger partial charge in [0, 0.05) is 23.8 Å². The van der Waals surface area contributed by atoms with Gasteiger partial charge >= 0.3 is 5.97 Å². The highest BCUT2D eigenvalue weighted by Gasteiger charge is 2.17. The molecule has 0 aliphatic carbocycles. The van der Waals surface area contributed by atoms with E-state index in [0.29, 0.717) is 49.5 Å². The highest BCUT2D eigenvalue weighted by atomic mass is 32.1. The first-order valence-electron chi connectivity index (χ1n) is 14.1. The number of anilines is 6. The number of esters is 1. The number of aromatic nitrogens is 4. The lowest BCUT2D eigenvalue weighted by Crippen LogP contribution is -2.08. The molecule has 2 aliphatic heterocycles. The van der Waals surface area contributed by atoms with Gasteiger partial charge in [-0.1, -0.05) is 12.1 Å². The molecule has 234 valence electrons. The summed E-state index contributed by atoms with van der Waals surface area (Å²) in [6, 6.07) is 15.4. The van der Waals surface area contributed by atoms with E-state index in [0.717, 1.165) is 27.9 Å². The van der Waals surface area contributed by atoms with E-state index in [1.807, 2.05) is 48.8 Å². The lowest BCUT2D eigenvalue weighted by atomic mass is 10.1. The highest BCUT2D eigenvalue weighted by Crippen LogP contribution is 2.33. The molecule has 6 heterocycles. The molecule has 0 radical (unpaired) electrons. The van der Waals surface area contributed by atoms with Crippen LogP contribution in [-0.2, 0) is 17.8 Å². The number of amides is 1. The number of hydrogen-bond acceptors (Lipinski definition) is 15. The van der Waals surface area contributed by atoms with Gasteiger partial charge in [-0.25, -0.2) is 14.8 Å². The lowest BCUT2D eigenvalue weighted by molar-refractivity contribution is 0.0606. The first kappa shape index (κ1) is 29.7. The van der Waals surface area contributed by atoms with E-state index in [2.05, 4.69) is 40.6 Å². The molecule has 0 atom stereocenters. The number of rotatable bonds is 6. The minimum Gasteiger partial charge on any atom is -0.465 e. The smallest absolute Gasteiger partial charge is 0.348 e. The fraction of sp³-hybridized carbons (Fsp3) is 0.0968. The lowest BCUT2D eigenvalue weighted by Gasteiger charge is -2.08. The molecule has 0 saturated carbocycles. The summed E-state index contributed by atoms with van der Waals surface area (Å²) in [4.78, 5) is 50.6. The van der Waals surface area contributed by atoms with Crippen LogP contribution in [0.3, 0.4) is 0 Å². The molecule has 0 spiro atoms. The fourth-order valence-electron chi connectivity index (χ4n) is 5.02. The molecule has 4 aromatic heterocycles. The van der Waals surface area contributed by atoms with E-state index in [-0.39, 0.29) is 11.9 Å². The van der Waals surface area contributed by atoms with Crippen LogP contribution in [0.25, 0.3) is 20.4 Å². The molecule has 6 aromatic rings. The predicted molar refractivity (Wildman–Crippen MR) is 186 cm³/mol. The van der Waals surface area contributed by atoms with Crippen LogP contribution in [0.4, 0.5) is 34.9 Å². The Morgan fingerprint density at radius 2 is 1.21 bits per heavy atom. The minimum atomic E-state index is -0.494. The maximum atomic E-state index is 11.7. The van der Waals surface area contributed by atoms with Gasteiger partial charge in [0.2, 0.25) is 11.9 Å². The zero-order valence-electron chi connectivity index (χ0n) is 24.6. The topological polar surface area (TPSA) is 222 Å². The van der Waals surface area contributed by atoms with Gasteiger partial charge in [-0.05, 0) is 58.7 Å². The largest absolute Gasteiger partial charge is 0.465 e. The summed E-state index contributed by atoms with van der Waals surface area (Å²) in [5.74, 6) is 0.485. The summed E-state index contributed by atoms with van der Waals surface area (Å²) in [7, 11) is 1.35. The summed E-state index contributed by atoms with van der Waals surface area (Å²) in [5.41, 5.74) is 23.2. The average molecular weight is 664 g/mol. The Morgan fingerprint density at radius 1 is 0.723 bits per heavy atom. The van der Waals surface area contributed by atoms with E-state index in [4.69, 9.17) is 21.9 Å². The van der Waals surface area contributed by atoms with Crippen molar-refractivity contribution in [3.8, 4) is 0 Å². The maximum Gasteiger partial charge on any atom is 0.348 e. The number of thiophene rings is 2. The Hall–Kier alpha value is -6.00. The number of nitrogens with one attached hydrogen (secondary N) is 2. The van der Waals surface area contributed by atoms with Crippen molar-refractivity contribution in [2.45, 2.75) is 13.1 Å². The summed E-state index contributed by atoms with van der Waals surface area (Å²) in [6.07, 6.45) is 3.70. The number of fused-ring (bicyclic) bond motifs is 4. The number of benzene rings is 2. The van der Waals surface area contributed by atoms with Crippen molar-refractivity contribution in [2.24, 2.45) is 15.7 Å². The number of methoxy groups -OCH3 is 1. The van der Waals surface area contributed by atoms with Gasteiger partial charge in [0.05, 0.1) is 35.8 Å². The molecule has 0 unspecified atom stereocenters. The monoisotopic (exact) mass is 663 g/mol. The second-order valence-electron chi connectivity index (χ2n) is 10.4. The van der Waals surface area contributed by atoms with Crippen LogP contribution in [0, 0.1) is 0 Å². The van der Waals surface area contributed by atoms with Gasteiger partial charge in [-0.15, -0.1) is 22.7 Å².